The maximum Gasteiger partial charge on any atom is 0.349 e. The first-order valence-corrected chi connectivity index (χ1v) is 6.27. The van der Waals surface area contributed by atoms with Gasteiger partial charge in [-0.1, -0.05) is 50.6 Å². The molecule has 20 heavy (non-hydrogen) atoms. The van der Waals surface area contributed by atoms with Gasteiger partial charge in [0.05, 0.1) is 0 Å². The number of hydrogen-bond acceptors (Lipinski definition) is 2. The first-order chi connectivity index (χ1) is 9.30. The molecule has 110 valence electrons. The van der Waals surface area contributed by atoms with Gasteiger partial charge >= 0.3 is 11.9 Å². The molecule has 0 spiro atoms. The van der Waals surface area contributed by atoms with Crippen LogP contribution in [-0.4, -0.2) is 23.0 Å². The fourth-order valence-electron chi connectivity index (χ4n) is 1.69. The highest BCUT2D eigenvalue weighted by molar-refractivity contribution is 5.89. The number of carbonyl (C=O) groups excluding carboxylic acids is 1. The lowest BCUT2D eigenvalue weighted by atomic mass is 9.98. The van der Waals surface area contributed by atoms with Crippen LogP contribution in [0.2, 0.25) is 0 Å². The lowest BCUT2D eigenvalue weighted by molar-refractivity contribution is -0.153. The third-order valence-corrected chi connectivity index (χ3v) is 3.19. The van der Waals surface area contributed by atoms with Gasteiger partial charge in [0.25, 0.3) is 5.91 Å². The van der Waals surface area contributed by atoms with E-state index < -0.39 is 35.3 Å². The van der Waals surface area contributed by atoms with Crippen LogP contribution in [0.3, 0.4) is 0 Å². The molecule has 1 rings (SSSR count). The van der Waals surface area contributed by atoms with Crippen LogP contribution in [0.5, 0.6) is 0 Å². The minimum atomic E-state index is -3.76. The van der Waals surface area contributed by atoms with Gasteiger partial charge in [-0.2, -0.15) is 8.78 Å². The van der Waals surface area contributed by atoms with E-state index in [0.717, 1.165) is 12.1 Å². The largest absolute Gasteiger partial charge is 0.480 e. The number of aliphatic carboxylic acids is 1. The van der Waals surface area contributed by atoms with Crippen molar-refractivity contribution in [3.63, 3.8) is 0 Å². The number of nitrogens with one attached hydrogen (secondary N) is 1. The van der Waals surface area contributed by atoms with Gasteiger partial charge in [0, 0.05) is 5.56 Å². The van der Waals surface area contributed by atoms with Crippen LogP contribution in [0, 0.1) is 5.92 Å². The first kappa shape index (κ1) is 16.1. The van der Waals surface area contributed by atoms with Crippen LogP contribution in [0.15, 0.2) is 30.3 Å². The molecule has 2 atom stereocenters. The molecule has 0 unspecified atom stereocenters. The number of carboxylic acid groups (broad SMARTS) is 1. The van der Waals surface area contributed by atoms with Gasteiger partial charge < -0.3 is 10.4 Å². The van der Waals surface area contributed by atoms with E-state index in [4.69, 9.17) is 5.11 Å². The normalized spacial score (nSPS) is 14.4. The fraction of sp³-hybridized carbons (Fsp3) is 0.429. The van der Waals surface area contributed by atoms with Gasteiger partial charge in [-0.05, 0) is 5.92 Å². The van der Waals surface area contributed by atoms with E-state index in [-0.39, 0.29) is 0 Å². The molecule has 0 saturated carbocycles. The number of halogens is 2. The van der Waals surface area contributed by atoms with Crippen molar-refractivity contribution in [2.75, 3.05) is 0 Å². The Morgan fingerprint density at radius 1 is 1.30 bits per heavy atom. The van der Waals surface area contributed by atoms with Gasteiger partial charge in [0.1, 0.15) is 6.04 Å². The Morgan fingerprint density at radius 2 is 1.85 bits per heavy atom. The Bertz CT molecular complexity index is 477. The minimum absolute atomic E-state index is 0.442. The van der Waals surface area contributed by atoms with Gasteiger partial charge in [-0.25, -0.2) is 4.79 Å². The molecule has 0 aliphatic rings. The monoisotopic (exact) mass is 285 g/mol. The SMILES string of the molecule is CC[C@H](C)[C@H](NC(=O)C(F)(F)c1ccccc1)C(=O)O. The Balaban J connectivity index is 2.91. The molecular weight excluding hydrogens is 268 g/mol. The summed E-state index contributed by atoms with van der Waals surface area (Å²) >= 11 is 0. The van der Waals surface area contributed by atoms with Crippen molar-refractivity contribution in [1.82, 2.24) is 5.32 Å². The second-order valence-corrected chi connectivity index (χ2v) is 4.62. The quantitative estimate of drug-likeness (QED) is 0.843. The summed E-state index contributed by atoms with van der Waals surface area (Å²) in [4.78, 5) is 22.7. The summed E-state index contributed by atoms with van der Waals surface area (Å²) in [5.74, 6) is -7.13. The average molecular weight is 285 g/mol. The molecular formula is C14H17F2NO3. The molecule has 0 saturated heterocycles. The van der Waals surface area contributed by atoms with Crippen LogP contribution in [-0.2, 0) is 15.5 Å². The van der Waals surface area contributed by atoms with E-state index in [1.165, 1.54) is 12.1 Å². The molecule has 2 N–H and O–H groups in total. The summed E-state index contributed by atoms with van der Waals surface area (Å²) in [5.41, 5.74) is -0.467. The molecule has 0 radical (unpaired) electrons. The van der Waals surface area contributed by atoms with E-state index >= 15 is 0 Å². The van der Waals surface area contributed by atoms with E-state index in [1.54, 1.807) is 19.9 Å². The number of benzene rings is 1. The Hall–Kier alpha value is -1.98. The van der Waals surface area contributed by atoms with Gasteiger partial charge in [0.2, 0.25) is 0 Å². The summed E-state index contributed by atoms with van der Waals surface area (Å²) in [5, 5.41) is 10.9. The van der Waals surface area contributed by atoms with Crippen molar-refractivity contribution >= 4 is 11.9 Å². The Labute approximate surface area is 115 Å². The first-order valence-electron chi connectivity index (χ1n) is 6.27. The van der Waals surface area contributed by atoms with Crippen LogP contribution < -0.4 is 5.32 Å². The second-order valence-electron chi connectivity index (χ2n) is 4.62. The third kappa shape index (κ3) is 3.53. The summed E-state index contributed by atoms with van der Waals surface area (Å²) in [6.45, 7) is 3.31. The Kier molecular flexibility index (Phi) is 5.19. The maximum atomic E-state index is 13.9. The molecule has 0 aromatic heterocycles. The molecule has 0 aliphatic carbocycles. The summed E-state index contributed by atoms with van der Waals surface area (Å²) in [6.07, 6.45) is 0.453. The van der Waals surface area contributed by atoms with E-state index in [2.05, 4.69) is 0 Å². The van der Waals surface area contributed by atoms with Crippen molar-refractivity contribution < 1.29 is 23.5 Å². The van der Waals surface area contributed by atoms with Crippen LogP contribution >= 0.6 is 0 Å². The number of amides is 1. The topological polar surface area (TPSA) is 66.4 Å². The number of hydrogen-bond donors (Lipinski definition) is 2. The molecule has 0 aliphatic heterocycles. The second kappa shape index (κ2) is 6.45. The van der Waals surface area contributed by atoms with Crippen LogP contribution in [0.4, 0.5) is 8.78 Å². The van der Waals surface area contributed by atoms with Gasteiger partial charge in [-0.3, -0.25) is 4.79 Å². The molecule has 1 amide bonds. The molecule has 1 aromatic rings. The van der Waals surface area contributed by atoms with E-state index in [9.17, 15) is 18.4 Å². The lowest BCUT2D eigenvalue weighted by Crippen LogP contribution is -2.50. The molecule has 6 heteroatoms. The van der Waals surface area contributed by atoms with E-state index in [1.807, 2.05) is 5.32 Å². The number of rotatable bonds is 6. The van der Waals surface area contributed by atoms with Crippen LogP contribution in [0.1, 0.15) is 25.8 Å². The van der Waals surface area contributed by atoms with Gasteiger partial charge in [0.15, 0.2) is 0 Å². The zero-order chi connectivity index (χ0) is 15.3. The maximum absolute atomic E-state index is 13.9. The Morgan fingerprint density at radius 3 is 2.30 bits per heavy atom. The summed E-state index contributed by atoms with van der Waals surface area (Å²) in [6, 6.07) is 5.25. The molecule has 0 bridgehead atoms. The highest BCUT2D eigenvalue weighted by atomic mass is 19.3. The highest BCUT2D eigenvalue weighted by Gasteiger charge is 2.43. The van der Waals surface area contributed by atoms with Crippen molar-refractivity contribution in [3.8, 4) is 0 Å². The molecule has 1 aromatic carbocycles. The van der Waals surface area contributed by atoms with Crippen LogP contribution in [0.25, 0.3) is 0 Å². The fourth-order valence-corrected chi connectivity index (χ4v) is 1.69. The lowest BCUT2D eigenvalue weighted by Gasteiger charge is -2.23. The highest BCUT2D eigenvalue weighted by Crippen LogP contribution is 2.28. The predicted molar refractivity (Wildman–Crippen MR) is 69.4 cm³/mol. The van der Waals surface area contributed by atoms with Crippen molar-refractivity contribution in [2.45, 2.75) is 32.2 Å². The molecule has 4 nitrogen and oxygen atoms in total. The summed E-state index contributed by atoms with van der Waals surface area (Å²) in [7, 11) is 0. The average Bonchev–Trinajstić information content (AvgIpc) is 2.44. The zero-order valence-corrected chi connectivity index (χ0v) is 11.3. The number of carboxylic acids is 1. The number of carbonyl (C=O) groups is 2. The predicted octanol–water partition coefficient (Wildman–Crippen LogP) is 2.39. The third-order valence-electron chi connectivity index (χ3n) is 3.19. The standard InChI is InChI=1S/C14H17F2NO3/c1-3-9(2)11(12(18)19)17-13(20)14(15,16)10-7-5-4-6-8-10/h4-9,11H,3H2,1-2H3,(H,17,20)(H,18,19)/t9-,11-/m0/s1. The van der Waals surface area contributed by atoms with Gasteiger partial charge in [-0.15, -0.1) is 0 Å². The van der Waals surface area contributed by atoms with Crippen molar-refractivity contribution in [1.29, 1.82) is 0 Å². The minimum Gasteiger partial charge on any atom is -0.480 e. The van der Waals surface area contributed by atoms with Crippen molar-refractivity contribution in [2.24, 2.45) is 5.92 Å². The van der Waals surface area contributed by atoms with E-state index in [0.29, 0.717) is 6.42 Å². The summed E-state index contributed by atoms with van der Waals surface area (Å²) < 4.78 is 27.9. The van der Waals surface area contributed by atoms with Crippen molar-refractivity contribution in [3.05, 3.63) is 35.9 Å². The zero-order valence-electron chi connectivity index (χ0n) is 11.3. The number of alkyl halides is 2. The molecule has 0 heterocycles. The molecule has 0 fully saturated rings. The smallest absolute Gasteiger partial charge is 0.349 e.